The van der Waals surface area contributed by atoms with Crippen LogP contribution in [0.15, 0.2) is 0 Å². The molecule has 0 aromatic carbocycles. The van der Waals surface area contributed by atoms with E-state index in [0.29, 0.717) is 11.8 Å². The number of hydrogen-bond donors (Lipinski definition) is 1. The maximum Gasteiger partial charge on any atom is 0.222 e. The van der Waals surface area contributed by atoms with Crippen molar-refractivity contribution < 1.29 is 4.79 Å². The molecule has 1 rings (SSSR count). The van der Waals surface area contributed by atoms with Crippen LogP contribution in [0.5, 0.6) is 0 Å². The van der Waals surface area contributed by atoms with Crippen LogP contribution in [-0.2, 0) is 4.79 Å². The van der Waals surface area contributed by atoms with Gasteiger partial charge >= 0.3 is 0 Å². The zero-order valence-electron chi connectivity index (χ0n) is 13.1. The Morgan fingerprint density at radius 1 is 1.32 bits per heavy atom. The van der Waals surface area contributed by atoms with Crippen molar-refractivity contribution >= 4 is 5.91 Å². The molecule has 0 bridgehead atoms. The lowest BCUT2D eigenvalue weighted by Crippen LogP contribution is -2.37. The van der Waals surface area contributed by atoms with Gasteiger partial charge in [-0.25, -0.2) is 0 Å². The zero-order valence-corrected chi connectivity index (χ0v) is 13.1. The number of nitrogens with one attached hydrogen (secondary N) is 1. The summed E-state index contributed by atoms with van der Waals surface area (Å²) in [6, 6.07) is 0. The molecule has 19 heavy (non-hydrogen) atoms. The van der Waals surface area contributed by atoms with Crippen molar-refractivity contribution in [3.63, 3.8) is 0 Å². The molecule has 1 amide bonds. The molecule has 0 saturated carbocycles. The lowest BCUT2D eigenvalue weighted by Gasteiger charge is -2.25. The van der Waals surface area contributed by atoms with E-state index in [0.717, 1.165) is 44.9 Å². The van der Waals surface area contributed by atoms with Gasteiger partial charge < -0.3 is 10.2 Å². The van der Waals surface area contributed by atoms with E-state index in [1.807, 2.05) is 0 Å². The Labute approximate surface area is 119 Å². The third kappa shape index (κ3) is 6.42. The van der Waals surface area contributed by atoms with Crippen molar-refractivity contribution in [3.05, 3.63) is 0 Å². The molecule has 1 heterocycles. The summed E-state index contributed by atoms with van der Waals surface area (Å²) in [5.74, 6) is 1.70. The molecule has 1 N–H and O–H groups in total. The average Bonchev–Trinajstić information content (AvgIpc) is 2.55. The lowest BCUT2D eigenvalue weighted by molar-refractivity contribution is -0.131. The highest BCUT2D eigenvalue weighted by Gasteiger charge is 2.22. The second-order valence-electron chi connectivity index (χ2n) is 6.13. The molecular weight excluding hydrogens is 236 g/mol. The SMILES string of the molecule is CCCNCC(C)CN1CCC(CCC)CCC1=O. The van der Waals surface area contributed by atoms with E-state index < -0.39 is 0 Å². The van der Waals surface area contributed by atoms with Crippen molar-refractivity contribution in [2.75, 3.05) is 26.2 Å². The van der Waals surface area contributed by atoms with E-state index in [1.54, 1.807) is 0 Å². The minimum atomic E-state index is 0.376. The van der Waals surface area contributed by atoms with Crippen molar-refractivity contribution in [2.45, 2.75) is 59.3 Å². The maximum atomic E-state index is 12.1. The topological polar surface area (TPSA) is 32.3 Å². The molecule has 3 heteroatoms. The number of hydrogen-bond acceptors (Lipinski definition) is 2. The van der Waals surface area contributed by atoms with Gasteiger partial charge in [-0.05, 0) is 44.2 Å². The summed E-state index contributed by atoms with van der Waals surface area (Å²) >= 11 is 0. The summed E-state index contributed by atoms with van der Waals surface area (Å²) in [6.45, 7) is 10.7. The molecule has 3 nitrogen and oxygen atoms in total. The fourth-order valence-electron chi connectivity index (χ4n) is 2.95. The zero-order chi connectivity index (χ0) is 14.1. The molecule has 1 aliphatic heterocycles. The van der Waals surface area contributed by atoms with Crippen LogP contribution in [-0.4, -0.2) is 37.0 Å². The Balaban J connectivity index is 2.33. The van der Waals surface area contributed by atoms with Crippen LogP contribution in [0.4, 0.5) is 0 Å². The monoisotopic (exact) mass is 268 g/mol. The van der Waals surface area contributed by atoms with Gasteiger partial charge in [-0.3, -0.25) is 4.79 Å². The van der Waals surface area contributed by atoms with E-state index in [-0.39, 0.29) is 0 Å². The first-order valence-corrected chi connectivity index (χ1v) is 8.15. The number of nitrogens with zero attached hydrogens (tertiary/aromatic N) is 1. The predicted octanol–water partition coefficient (Wildman–Crippen LogP) is 3.05. The van der Waals surface area contributed by atoms with Gasteiger partial charge in [0.05, 0.1) is 0 Å². The normalized spacial score (nSPS) is 22.4. The Kier molecular flexibility index (Phi) is 8.11. The molecule has 2 unspecified atom stereocenters. The molecule has 0 spiro atoms. The average molecular weight is 268 g/mol. The Morgan fingerprint density at radius 3 is 2.79 bits per heavy atom. The molecule has 1 aliphatic rings. The van der Waals surface area contributed by atoms with Gasteiger partial charge in [-0.1, -0.05) is 33.6 Å². The predicted molar refractivity (Wildman–Crippen MR) is 81.2 cm³/mol. The molecule has 0 radical (unpaired) electrons. The summed E-state index contributed by atoms with van der Waals surface area (Å²) < 4.78 is 0. The van der Waals surface area contributed by atoms with Crippen molar-refractivity contribution in [3.8, 4) is 0 Å². The van der Waals surface area contributed by atoms with Gasteiger partial charge in [-0.15, -0.1) is 0 Å². The Bertz CT molecular complexity index is 255. The van der Waals surface area contributed by atoms with Crippen molar-refractivity contribution in [1.29, 1.82) is 0 Å². The highest BCUT2D eigenvalue weighted by atomic mass is 16.2. The van der Waals surface area contributed by atoms with Crippen LogP contribution in [0.1, 0.15) is 59.3 Å². The van der Waals surface area contributed by atoms with E-state index in [1.165, 1.54) is 25.7 Å². The highest BCUT2D eigenvalue weighted by molar-refractivity contribution is 5.76. The molecular formula is C16H32N2O. The summed E-state index contributed by atoms with van der Waals surface area (Å²) in [6.07, 6.45) is 6.78. The first-order chi connectivity index (χ1) is 9.17. The molecule has 0 aromatic heterocycles. The number of carbonyl (C=O) groups excluding carboxylic acids is 1. The second-order valence-corrected chi connectivity index (χ2v) is 6.13. The lowest BCUT2D eigenvalue weighted by atomic mass is 9.96. The third-order valence-electron chi connectivity index (χ3n) is 4.07. The van der Waals surface area contributed by atoms with Crippen LogP contribution in [0, 0.1) is 11.8 Å². The largest absolute Gasteiger partial charge is 0.342 e. The summed E-state index contributed by atoms with van der Waals surface area (Å²) in [5, 5.41) is 3.45. The van der Waals surface area contributed by atoms with Crippen LogP contribution in [0.3, 0.4) is 0 Å². The molecule has 2 atom stereocenters. The maximum absolute atomic E-state index is 12.1. The van der Waals surface area contributed by atoms with Crippen molar-refractivity contribution in [2.24, 2.45) is 11.8 Å². The van der Waals surface area contributed by atoms with E-state index in [2.05, 4.69) is 31.0 Å². The number of likely N-dealkylation sites (tertiary alicyclic amines) is 1. The van der Waals surface area contributed by atoms with Gasteiger partial charge in [0.25, 0.3) is 0 Å². The summed E-state index contributed by atoms with van der Waals surface area (Å²) in [7, 11) is 0. The van der Waals surface area contributed by atoms with Crippen molar-refractivity contribution in [1.82, 2.24) is 10.2 Å². The molecule has 0 aromatic rings. The van der Waals surface area contributed by atoms with E-state index in [4.69, 9.17) is 0 Å². The number of carbonyl (C=O) groups is 1. The van der Waals surface area contributed by atoms with Crippen LogP contribution in [0.2, 0.25) is 0 Å². The van der Waals surface area contributed by atoms with Crippen LogP contribution in [0.25, 0.3) is 0 Å². The summed E-state index contributed by atoms with van der Waals surface area (Å²) in [4.78, 5) is 14.2. The van der Waals surface area contributed by atoms with Crippen LogP contribution < -0.4 is 5.32 Å². The van der Waals surface area contributed by atoms with E-state index in [9.17, 15) is 4.79 Å². The second kappa shape index (κ2) is 9.35. The van der Waals surface area contributed by atoms with E-state index >= 15 is 0 Å². The Hall–Kier alpha value is -0.570. The first-order valence-electron chi connectivity index (χ1n) is 8.15. The van der Waals surface area contributed by atoms with Gasteiger partial charge in [0.2, 0.25) is 5.91 Å². The van der Waals surface area contributed by atoms with Gasteiger partial charge in [0.15, 0.2) is 0 Å². The number of rotatable bonds is 8. The smallest absolute Gasteiger partial charge is 0.222 e. The standard InChI is InChI=1S/C16H32N2O/c1-4-6-15-7-8-16(19)18(11-9-15)13-14(3)12-17-10-5-2/h14-15,17H,4-13H2,1-3H3. The molecule has 0 aliphatic carbocycles. The van der Waals surface area contributed by atoms with Gasteiger partial charge in [0, 0.05) is 19.5 Å². The minimum Gasteiger partial charge on any atom is -0.342 e. The molecule has 1 saturated heterocycles. The van der Waals surface area contributed by atoms with Gasteiger partial charge in [-0.2, -0.15) is 0 Å². The fourth-order valence-corrected chi connectivity index (χ4v) is 2.95. The minimum absolute atomic E-state index is 0.376. The number of amides is 1. The fraction of sp³-hybridized carbons (Fsp3) is 0.938. The summed E-state index contributed by atoms with van der Waals surface area (Å²) in [5.41, 5.74) is 0. The first kappa shape index (κ1) is 16.5. The quantitative estimate of drug-likeness (QED) is 0.686. The van der Waals surface area contributed by atoms with Crippen LogP contribution >= 0.6 is 0 Å². The molecule has 112 valence electrons. The highest BCUT2D eigenvalue weighted by Crippen LogP contribution is 2.23. The Morgan fingerprint density at radius 2 is 2.11 bits per heavy atom. The van der Waals surface area contributed by atoms with Gasteiger partial charge in [0.1, 0.15) is 0 Å². The third-order valence-corrected chi connectivity index (χ3v) is 4.07. The molecule has 1 fully saturated rings.